The molecule has 8 heteroatoms. The number of nitrogens with zero attached hydrogens (tertiary/aromatic N) is 1. The number of carbonyl (C=O) groups is 2. The molecule has 27 heavy (non-hydrogen) atoms. The minimum Gasteiger partial charge on any atom is -0.496 e. The maximum atomic E-state index is 13.1. The first-order valence-electron chi connectivity index (χ1n) is 7.83. The number of carbonyl (C=O) groups excluding carboxylic acids is 2. The second-order valence-electron chi connectivity index (χ2n) is 5.74. The van der Waals surface area contributed by atoms with Crippen molar-refractivity contribution in [3.8, 4) is 5.75 Å². The Labute approximate surface area is 175 Å². The Morgan fingerprint density at radius 2 is 2.00 bits per heavy atom. The van der Waals surface area contributed by atoms with E-state index in [-0.39, 0.29) is 10.7 Å². The summed E-state index contributed by atoms with van der Waals surface area (Å²) >= 11 is 14.8. The van der Waals surface area contributed by atoms with E-state index in [4.69, 9.17) is 28.6 Å². The molecule has 1 N–H and O–H groups in total. The molecule has 0 unspecified atom stereocenters. The minimum absolute atomic E-state index is 0.0171. The number of benzene rings is 2. The van der Waals surface area contributed by atoms with Crippen LogP contribution in [0.25, 0.3) is 6.08 Å². The summed E-state index contributed by atoms with van der Waals surface area (Å²) in [5, 5.41) is 3.08. The Bertz CT molecular complexity index is 1010. The van der Waals surface area contributed by atoms with Gasteiger partial charge in [-0.15, -0.1) is 0 Å². The molecule has 0 aliphatic carbocycles. The monoisotopic (exact) mass is 464 g/mol. The van der Waals surface area contributed by atoms with Gasteiger partial charge in [0.05, 0.1) is 17.3 Å². The largest absolute Gasteiger partial charge is 0.496 e. The van der Waals surface area contributed by atoms with E-state index >= 15 is 0 Å². The highest BCUT2D eigenvalue weighted by Crippen LogP contribution is 2.30. The van der Waals surface area contributed by atoms with Gasteiger partial charge >= 0.3 is 0 Å². The third-order valence-electron chi connectivity index (χ3n) is 4.07. The molecule has 0 radical (unpaired) electrons. The second-order valence-corrected chi connectivity index (χ2v) is 7.38. The molecule has 0 bridgehead atoms. The third kappa shape index (κ3) is 3.76. The van der Waals surface area contributed by atoms with E-state index in [2.05, 4.69) is 21.2 Å². The summed E-state index contributed by atoms with van der Waals surface area (Å²) in [4.78, 5) is 26.7. The molecular formula is C19H14BrClN2O3S. The maximum Gasteiger partial charge on any atom is 0.270 e. The molecule has 1 aliphatic heterocycles. The van der Waals surface area contributed by atoms with Gasteiger partial charge in [0.25, 0.3) is 11.8 Å². The van der Waals surface area contributed by atoms with Crippen LogP contribution in [-0.2, 0) is 9.59 Å². The summed E-state index contributed by atoms with van der Waals surface area (Å²) in [5.41, 5.74) is 1.86. The summed E-state index contributed by atoms with van der Waals surface area (Å²) in [6.45, 7) is 1.79. The van der Waals surface area contributed by atoms with E-state index in [9.17, 15) is 9.59 Å². The molecule has 2 amide bonds. The van der Waals surface area contributed by atoms with Gasteiger partial charge in [0.15, 0.2) is 5.11 Å². The molecule has 2 aromatic carbocycles. The molecule has 5 nitrogen and oxygen atoms in total. The zero-order chi connectivity index (χ0) is 19.7. The van der Waals surface area contributed by atoms with Gasteiger partial charge in [-0.2, -0.15) is 0 Å². The first kappa shape index (κ1) is 19.5. The van der Waals surface area contributed by atoms with Crippen LogP contribution in [0.4, 0.5) is 5.69 Å². The Morgan fingerprint density at radius 3 is 2.67 bits per heavy atom. The first-order chi connectivity index (χ1) is 12.8. The molecule has 0 spiro atoms. The van der Waals surface area contributed by atoms with Gasteiger partial charge in [0, 0.05) is 5.02 Å². The van der Waals surface area contributed by atoms with Crippen LogP contribution in [0, 0.1) is 6.92 Å². The predicted octanol–water partition coefficient (Wildman–Crippen LogP) is 4.25. The molecule has 1 heterocycles. The minimum atomic E-state index is -0.548. The fourth-order valence-electron chi connectivity index (χ4n) is 2.65. The molecule has 2 aromatic rings. The lowest BCUT2D eigenvalue weighted by molar-refractivity contribution is -0.122. The lowest BCUT2D eigenvalue weighted by Gasteiger charge is -2.30. The van der Waals surface area contributed by atoms with Gasteiger partial charge in [-0.3, -0.25) is 19.8 Å². The van der Waals surface area contributed by atoms with E-state index in [1.165, 1.54) is 11.0 Å². The van der Waals surface area contributed by atoms with Crippen molar-refractivity contribution in [3.63, 3.8) is 0 Å². The van der Waals surface area contributed by atoms with E-state index in [0.29, 0.717) is 32.1 Å². The van der Waals surface area contributed by atoms with Gasteiger partial charge in [-0.05, 0) is 76.5 Å². The zero-order valence-electron chi connectivity index (χ0n) is 14.4. The summed E-state index contributed by atoms with van der Waals surface area (Å²) in [6.07, 6.45) is 1.51. The van der Waals surface area contributed by atoms with Gasteiger partial charge in [0.2, 0.25) is 0 Å². The van der Waals surface area contributed by atoms with Crippen molar-refractivity contribution in [2.24, 2.45) is 0 Å². The van der Waals surface area contributed by atoms with Gasteiger partial charge in [0.1, 0.15) is 11.3 Å². The molecular weight excluding hydrogens is 452 g/mol. The van der Waals surface area contributed by atoms with Crippen molar-refractivity contribution in [2.75, 3.05) is 12.0 Å². The van der Waals surface area contributed by atoms with Crippen molar-refractivity contribution in [3.05, 3.63) is 62.6 Å². The molecule has 1 saturated heterocycles. The highest BCUT2D eigenvalue weighted by Gasteiger charge is 2.35. The van der Waals surface area contributed by atoms with Crippen LogP contribution in [0.3, 0.4) is 0 Å². The predicted molar refractivity (Wildman–Crippen MR) is 113 cm³/mol. The van der Waals surface area contributed by atoms with Crippen molar-refractivity contribution in [1.29, 1.82) is 0 Å². The lowest BCUT2D eigenvalue weighted by atomic mass is 10.1. The molecule has 3 rings (SSSR count). The molecule has 1 fully saturated rings. The number of anilines is 1. The maximum absolute atomic E-state index is 13.1. The Balaban J connectivity index is 2.05. The van der Waals surface area contributed by atoms with Gasteiger partial charge < -0.3 is 4.74 Å². The fraction of sp³-hybridized carbons (Fsp3) is 0.105. The number of nitrogens with one attached hydrogen (secondary N) is 1. The van der Waals surface area contributed by atoms with Crippen molar-refractivity contribution in [2.45, 2.75) is 6.92 Å². The molecule has 138 valence electrons. The number of thiocarbonyl (C=S) groups is 1. The standard InChI is InChI=1S/C19H14BrClN2O3S/c1-10-14(21)4-3-5-15(10)23-18(25)12(17(24)22-19(23)27)8-11-6-7-16(26-2)13(20)9-11/h3-9H,1-2H3,(H,22,24,27)/b12-8-. The number of halogens is 2. The highest BCUT2D eigenvalue weighted by atomic mass is 79.9. The molecule has 1 aliphatic rings. The van der Waals surface area contributed by atoms with E-state index in [1.807, 2.05) is 0 Å². The summed E-state index contributed by atoms with van der Waals surface area (Å²) < 4.78 is 5.90. The average molecular weight is 466 g/mol. The third-order valence-corrected chi connectivity index (χ3v) is 5.38. The first-order valence-corrected chi connectivity index (χ1v) is 9.41. The Kier molecular flexibility index (Phi) is 5.64. The number of ether oxygens (including phenoxy) is 1. The summed E-state index contributed by atoms with van der Waals surface area (Å²) in [7, 11) is 1.56. The van der Waals surface area contributed by atoms with Crippen LogP contribution in [0.15, 0.2) is 46.4 Å². The second kappa shape index (κ2) is 7.80. The smallest absolute Gasteiger partial charge is 0.270 e. The Morgan fingerprint density at radius 1 is 1.26 bits per heavy atom. The van der Waals surface area contributed by atoms with Crippen molar-refractivity contribution >= 4 is 68.4 Å². The summed E-state index contributed by atoms with van der Waals surface area (Å²) in [6, 6.07) is 10.4. The van der Waals surface area contributed by atoms with E-state index < -0.39 is 11.8 Å². The summed E-state index contributed by atoms with van der Waals surface area (Å²) in [5.74, 6) is -0.414. The van der Waals surface area contributed by atoms with Crippen molar-refractivity contribution < 1.29 is 14.3 Å². The normalized spacial score (nSPS) is 15.9. The van der Waals surface area contributed by atoms with Crippen LogP contribution >= 0.6 is 39.7 Å². The van der Waals surface area contributed by atoms with Crippen LogP contribution < -0.4 is 15.0 Å². The van der Waals surface area contributed by atoms with Gasteiger partial charge in [-0.25, -0.2) is 0 Å². The van der Waals surface area contributed by atoms with Crippen molar-refractivity contribution in [1.82, 2.24) is 5.32 Å². The number of hydrogen-bond acceptors (Lipinski definition) is 4. The number of amides is 2. The van der Waals surface area contributed by atoms with Crippen LogP contribution in [0.5, 0.6) is 5.75 Å². The number of rotatable bonds is 3. The van der Waals surface area contributed by atoms with Crippen LogP contribution in [0.2, 0.25) is 5.02 Å². The number of hydrogen-bond donors (Lipinski definition) is 1. The van der Waals surface area contributed by atoms with E-state index in [1.54, 1.807) is 50.4 Å². The van der Waals surface area contributed by atoms with Gasteiger partial charge in [-0.1, -0.05) is 23.7 Å². The SMILES string of the molecule is COc1ccc(/C=C2/C(=O)NC(=S)N(c3cccc(Cl)c3C)C2=O)cc1Br. The average Bonchev–Trinajstić information content (AvgIpc) is 2.62. The van der Waals surface area contributed by atoms with Crippen LogP contribution in [0.1, 0.15) is 11.1 Å². The molecule has 0 saturated carbocycles. The molecule has 0 aromatic heterocycles. The highest BCUT2D eigenvalue weighted by molar-refractivity contribution is 9.10. The lowest BCUT2D eigenvalue weighted by Crippen LogP contribution is -2.54. The zero-order valence-corrected chi connectivity index (χ0v) is 17.5. The quantitative estimate of drug-likeness (QED) is 0.418. The van der Waals surface area contributed by atoms with Crippen LogP contribution in [-0.4, -0.2) is 24.0 Å². The number of methoxy groups -OCH3 is 1. The Hall–Kier alpha value is -2.22. The molecule has 0 atom stereocenters. The fourth-order valence-corrected chi connectivity index (χ4v) is 3.66. The topological polar surface area (TPSA) is 58.6 Å². The van der Waals surface area contributed by atoms with E-state index in [0.717, 1.165) is 0 Å².